The van der Waals surface area contributed by atoms with Gasteiger partial charge in [0.1, 0.15) is 5.76 Å². The van der Waals surface area contributed by atoms with E-state index >= 15 is 0 Å². The van der Waals surface area contributed by atoms with Crippen LogP contribution in [0, 0.1) is 0 Å². The summed E-state index contributed by atoms with van der Waals surface area (Å²) in [5.74, 6) is 1.89. The molecule has 0 aliphatic carbocycles. The second kappa shape index (κ2) is 9.81. The summed E-state index contributed by atoms with van der Waals surface area (Å²) in [7, 11) is 0. The van der Waals surface area contributed by atoms with Gasteiger partial charge < -0.3 is 14.6 Å². The van der Waals surface area contributed by atoms with E-state index in [1.807, 2.05) is 30.3 Å². The molecule has 32 heavy (non-hydrogen) atoms. The number of nitrogens with one attached hydrogen (secondary N) is 1. The molecule has 1 fully saturated rings. The second-order valence-electron chi connectivity index (χ2n) is 9.13. The molecule has 0 bridgehead atoms. The summed E-state index contributed by atoms with van der Waals surface area (Å²) in [6.45, 7) is 8.93. The van der Waals surface area contributed by atoms with E-state index in [0.29, 0.717) is 6.54 Å². The Kier molecular flexibility index (Phi) is 6.89. The van der Waals surface area contributed by atoms with Gasteiger partial charge in [-0.05, 0) is 48.4 Å². The fourth-order valence-corrected chi connectivity index (χ4v) is 4.71. The first-order valence-electron chi connectivity index (χ1n) is 11.1. The van der Waals surface area contributed by atoms with Gasteiger partial charge in [-0.1, -0.05) is 50.7 Å². The molecular formula is C24H31N5O2S. The summed E-state index contributed by atoms with van der Waals surface area (Å²) in [4.78, 5) is 15.1. The third-order valence-corrected chi connectivity index (χ3v) is 6.54. The Morgan fingerprint density at radius 1 is 1.09 bits per heavy atom. The van der Waals surface area contributed by atoms with E-state index in [9.17, 15) is 4.79 Å². The molecule has 1 aliphatic heterocycles. The van der Waals surface area contributed by atoms with Crippen LogP contribution in [0.15, 0.2) is 52.2 Å². The van der Waals surface area contributed by atoms with Crippen molar-refractivity contribution in [1.29, 1.82) is 0 Å². The minimum Gasteiger partial charge on any atom is -0.467 e. The number of hydrogen-bond acceptors (Lipinski definition) is 6. The monoisotopic (exact) mass is 453 g/mol. The topological polar surface area (TPSA) is 76.2 Å². The van der Waals surface area contributed by atoms with Crippen molar-refractivity contribution < 1.29 is 9.21 Å². The number of carbonyl (C=O) groups is 1. The molecule has 1 N–H and O–H groups in total. The largest absolute Gasteiger partial charge is 0.467 e. The number of amides is 1. The predicted octanol–water partition coefficient (Wildman–Crippen LogP) is 4.94. The van der Waals surface area contributed by atoms with E-state index in [2.05, 4.69) is 51.8 Å². The van der Waals surface area contributed by atoms with Crippen LogP contribution in [-0.4, -0.2) is 39.5 Å². The van der Waals surface area contributed by atoms with Crippen LogP contribution in [0.4, 0.5) is 11.6 Å². The van der Waals surface area contributed by atoms with Gasteiger partial charge in [-0.3, -0.25) is 9.36 Å². The van der Waals surface area contributed by atoms with Gasteiger partial charge in [-0.25, -0.2) is 0 Å². The van der Waals surface area contributed by atoms with Gasteiger partial charge in [0.05, 0.1) is 18.6 Å². The number of aromatic nitrogens is 3. The molecule has 170 valence electrons. The van der Waals surface area contributed by atoms with Crippen LogP contribution in [0.5, 0.6) is 0 Å². The van der Waals surface area contributed by atoms with Gasteiger partial charge in [0.25, 0.3) is 0 Å². The summed E-state index contributed by atoms with van der Waals surface area (Å²) < 4.78 is 7.63. The summed E-state index contributed by atoms with van der Waals surface area (Å²) in [5, 5.41) is 12.7. The molecule has 0 spiro atoms. The number of carbonyl (C=O) groups excluding carboxylic acids is 1. The highest BCUT2D eigenvalue weighted by molar-refractivity contribution is 7.99. The Hall–Kier alpha value is -2.74. The lowest BCUT2D eigenvalue weighted by Gasteiger charge is -2.27. The maximum Gasteiger partial charge on any atom is 0.234 e. The van der Waals surface area contributed by atoms with Gasteiger partial charge in [-0.2, -0.15) is 0 Å². The average Bonchev–Trinajstić information content (AvgIpc) is 3.43. The molecule has 2 aromatic heterocycles. The number of piperidine rings is 1. The molecule has 1 saturated heterocycles. The summed E-state index contributed by atoms with van der Waals surface area (Å²) in [6.07, 6.45) is 5.24. The predicted molar refractivity (Wildman–Crippen MR) is 128 cm³/mol. The van der Waals surface area contributed by atoms with Crippen LogP contribution in [-0.2, 0) is 16.8 Å². The molecule has 0 atom stereocenters. The number of para-hydroxylation sites is 1. The quantitative estimate of drug-likeness (QED) is 0.511. The maximum atomic E-state index is 12.8. The summed E-state index contributed by atoms with van der Waals surface area (Å²) >= 11 is 1.40. The summed E-state index contributed by atoms with van der Waals surface area (Å²) in [5.41, 5.74) is 1.92. The van der Waals surface area contributed by atoms with Crippen LogP contribution < -0.4 is 10.2 Å². The van der Waals surface area contributed by atoms with E-state index in [1.54, 1.807) is 6.26 Å². The van der Waals surface area contributed by atoms with Crippen molar-refractivity contribution in [3.63, 3.8) is 0 Å². The zero-order valence-corrected chi connectivity index (χ0v) is 19.8. The Balaban J connectivity index is 1.48. The highest BCUT2D eigenvalue weighted by Crippen LogP contribution is 2.30. The number of hydrogen-bond donors (Lipinski definition) is 1. The Morgan fingerprint density at radius 3 is 2.59 bits per heavy atom. The number of anilines is 2. The Bertz CT molecular complexity index is 1030. The minimum atomic E-state index is -0.0567. The molecule has 0 saturated carbocycles. The number of rotatable bonds is 7. The molecule has 1 aromatic carbocycles. The molecular weight excluding hydrogens is 422 g/mol. The van der Waals surface area contributed by atoms with Crippen LogP contribution in [0.1, 0.15) is 51.4 Å². The lowest BCUT2D eigenvalue weighted by molar-refractivity contribution is -0.113. The van der Waals surface area contributed by atoms with Crippen molar-refractivity contribution >= 4 is 29.3 Å². The van der Waals surface area contributed by atoms with E-state index in [4.69, 9.17) is 4.42 Å². The van der Waals surface area contributed by atoms with Crippen LogP contribution in [0.25, 0.3) is 0 Å². The fraction of sp³-hybridized carbons (Fsp3) is 0.458. The normalized spacial score (nSPS) is 14.5. The smallest absolute Gasteiger partial charge is 0.234 e. The van der Waals surface area contributed by atoms with E-state index < -0.39 is 0 Å². The first kappa shape index (κ1) is 22.5. The molecule has 0 radical (unpaired) electrons. The molecule has 0 unspecified atom stereocenters. The van der Waals surface area contributed by atoms with Crippen molar-refractivity contribution in [3.8, 4) is 0 Å². The van der Waals surface area contributed by atoms with E-state index in [0.717, 1.165) is 54.0 Å². The molecule has 1 amide bonds. The maximum absolute atomic E-state index is 12.8. The van der Waals surface area contributed by atoms with Crippen molar-refractivity contribution in [2.75, 3.05) is 29.1 Å². The van der Waals surface area contributed by atoms with Gasteiger partial charge in [0.2, 0.25) is 11.9 Å². The molecule has 1 aliphatic rings. The van der Waals surface area contributed by atoms with Gasteiger partial charge >= 0.3 is 0 Å². The first-order valence-corrected chi connectivity index (χ1v) is 12.1. The zero-order chi connectivity index (χ0) is 22.6. The van der Waals surface area contributed by atoms with Crippen molar-refractivity contribution in [3.05, 3.63) is 54.0 Å². The number of thioether (sulfide) groups is 1. The lowest BCUT2D eigenvalue weighted by atomic mass is 9.86. The Morgan fingerprint density at radius 2 is 1.88 bits per heavy atom. The number of nitrogens with zero attached hydrogens (tertiary/aromatic N) is 4. The average molecular weight is 454 g/mol. The minimum absolute atomic E-state index is 0.0520. The zero-order valence-electron chi connectivity index (χ0n) is 19.0. The van der Waals surface area contributed by atoms with Crippen molar-refractivity contribution in [2.24, 2.45) is 0 Å². The van der Waals surface area contributed by atoms with Crippen molar-refractivity contribution in [2.45, 2.75) is 57.1 Å². The Labute approximate surface area is 193 Å². The third-order valence-electron chi connectivity index (χ3n) is 5.57. The summed E-state index contributed by atoms with van der Waals surface area (Å²) in [6, 6.07) is 11.8. The van der Waals surface area contributed by atoms with Crippen molar-refractivity contribution in [1.82, 2.24) is 14.8 Å². The van der Waals surface area contributed by atoms with Gasteiger partial charge in [-0.15, -0.1) is 10.2 Å². The number of furan rings is 1. The standard InChI is InChI=1S/C24H31N5O2S/c1-24(2,3)19-11-5-6-12-20(19)25-21(30)17-32-23-27-26-22(28-13-7-4-8-14-28)29(23)16-18-10-9-15-31-18/h5-6,9-12,15H,4,7-8,13-14,16-17H2,1-3H3,(H,25,30). The second-order valence-corrected chi connectivity index (χ2v) is 10.1. The highest BCUT2D eigenvalue weighted by atomic mass is 32.2. The number of benzene rings is 1. The van der Waals surface area contributed by atoms with E-state index in [1.165, 1.54) is 18.2 Å². The molecule has 3 aromatic rings. The fourth-order valence-electron chi connectivity index (χ4n) is 3.97. The highest BCUT2D eigenvalue weighted by Gasteiger charge is 2.22. The first-order chi connectivity index (χ1) is 15.4. The van der Waals surface area contributed by atoms with Crippen LogP contribution in [0.3, 0.4) is 0 Å². The molecule has 3 heterocycles. The van der Waals surface area contributed by atoms with E-state index in [-0.39, 0.29) is 17.1 Å². The SMILES string of the molecule is CC(C)(C)c1ccccc1NC(=O)CSc1nnc(N2CCCCC2)n1Cc1ccco1. The van der Waals surface area contributed by atoms with Crippen LogP contribution >= 0.6 is 11.8 Å². The molecule has 4 rings (SSSR count). The van der Waals surface area contributed by atoms with Crippen LogP contribution in [0.2, 0.25) is 0 Å². The molecule has 8 heteroatoms. The third kappa shape index (κ3) is 5.35. The van der Waals surface area contributed by atoms with Gasteiger partial charge in [0.15, 0.2) is 5.16 Å². The van der Waals surface area contributed by atoms with Gasteiger partial charge in [0, 0.05) is 18.8 Å². The molecule has 7 nitrogen and oxygen atoms in total. The lowest BCUT2D eigenvalue weighted by Crippen LogP contribution is -2.32.